The van der Waals surface area contributed by atoms with Gasteiger partial charge in [0.2, 0.25) is 0 Å². The molecule has 2 aliphatic rings. The van der Waals surface area contributed by atoms with Gasteiger partial charge in [0.15, 0.2) is 0 Å². The second-order valence-electron chi connectivity index (χ2n) is 4.83. The number of rotatable bonds is 1. The van der Waals surface area contributed by atoms with E-state index in [-0.39, 0.29) is 12.3 Å². The largest absolute Gasteiger partial charge is 0.392 e. The second kappa shape index (κ2) is 3.42. The van der Waals surface area contributed by atoms with Gasteiger partial charge >= 0.3 is 6.18 Å². The molecule has 0 spiro atoms. The first kappa shape index (κ1) is 10.3. The van der Waals surface area contributed by atoms with Gasteiger partial charge in [0.05, 0.1) is 5.92 Å². The fraction of sp³-hybridized carbons (Fsp3) is 0.909. The van der Waals surface area contributed by atoms with Gasteiger partial charge in [0.25, 0.3) is 0 Å². The van der Waals surface area contributed by atoms with E-state index in [4.69, 9.17) is 0 Å². The average Bonchev–Trinajstić information content (AvgIpc) is 2.83. The van der Waals surface area contributed by atoms with Crippen molar-refractivity contribution < 1.29 is 13.2 Å². The van der Waals surface area contributed by atoms with Crippen molar-refractivity contribution in [2.45, 2.75) is 38.8 Å². The van der Waals surface area contributed by atoms with Gasteiger partial charge in [0.1, 0.15) is 0 Å². The van der Waals surface area contributed by atoms with Crippen molar-refractivity contribution in [3.8, 4) is 0 Å². The zero-order chi connectivity index (χ0) is 10.3. The lowest BCUT2D eigenvalue weighted by atomic mass is 9.72. The van der Waals surface area contributed by atoms with Gasteiger partial charge in [0, 0.05) is 0 Å². The Morgan fingerprint density at radius 2 is 1.86 bits per heavy atom. The maximum absolute atomic E-state index is 12.7. The lowest BCUT2D eigenvalue weighted by Gasteiger charge is -2.36. The topological polar surface area (TPSA) is 0 Å². The van der Waals surface area contributed by atoms with Crippen molar-refractivity contribution in [1.82, 2.24) is 0 Å². The molecule has 0 nitrogen and oxygen atoms in total. The maximum Gasteiger partial charge on any atom is 0.392 e. The Labute approximate surface area is 82.9 Å². The molecule has 0 aromatic heterocycles. The first-order valence-electron chi connectivity index (χ1n) is 5.38. The molecule has 2 fully saturated rings. The highest BCUT2D eigenvalue weighted by Gasteiger charge is 2.51. The molecule has 0 heterocycles. The van der Waals surface area contributed by atoms with Crippen LogP contribution < -0.4 is 0 Å². The molecule has 0 aromatic rings. The number of hydrogen-bond acceptors (Lipinski definition) is 0. The molecule has 14 heavy (non-hydrogen) atoms. The molecule has 81 valence electrons. The van der Waals surface area contributed by atoms with Crippen molar-refractivity contribution in [3.63, 3.8) is 0 Å². The summed E-state index contributed by atoms with van der Waals surface area (Å²) in [6.07, 6.45) is 0.884. The zero-order valence-electron chi connectivity index (χ0n) is 8.35. The van der Waals surface area contributed by atoms with E-state index in [0.29, 0.717) is 11.8 Å². The smallest absolute Gasteiger partial charge is 0.171 e. The van der Waals surface area contributed by atoms with E-state index in [2.05, 4.69) is 0 Å². The van der Waals surface area contributed by atoms with Crippen molar-refractivity contribution in [3.05, 3.63) is 6.42 Å². The van der Waals surface area contributed by atoms with Crippen LogP contribution in [0.25, 0.3) is 0 Å². The predicted octanol–water partition coefficient (Wildman–Crippen LogP) is 3.83. The van der Waals surface area contributed by atoms with E-state index < -0.39 is 12.1 Å². The van der Waals surface area contributed by atoms with Crippen molar-refractivity contribution >= 4 is 0 Å². The second-order valence-corrected chi connectivity index (χ2v) is 4.83. The van der Waals surface area contributed by atoms with Crippen LogP contribution in [0.2, 0.25) is 0 Å². The summed E-state index contributed by atoms with van der Waals surface area (Å²) in [6, 6.07) is 0. The minimum Gasteiger partial charge on any atom is -0.171 e. The Kier molecular flexibility index (Phi) is 2.52. The standard InChI is InChI=1S/C11H16F3/c1-7-2-5-10(11(12,13)14)9(6-7)8-3-4-8/h2,7-10H,3-6H2,1H3. The summed E-state index contributed by atoms with van der Waals surface area (Å²) in [5.74, 6) is -0.391. The third kappa shape index (κ3) is 2.06. The highest BCUT2D eigenvalue weighted by atomic mass is 19.4. The molecule has 3 heteroatoms. The molecule has 2 aliphatic carbocycles. The van der Waals surface area contributed by atoms with Crippen LogP contribution in [-0.4, -0.2) is 6.18 Å². The minimum absolute atomic E-state index is 0.0880. The molecule has 3 atom stereocenters. The van der Waals surface area contributed by atoms with E-state index >= 15 is 0 Å². The SMILES string of the molecule is CC1[CH]CC(C(F)(F)F)C(C2CC2)C1. The molecule has 0 aromatic carbocycles. The quantitative estimate of drug-likeness (QED) is 0.610. The molecule has 2 saturated carbocycles. The van der Waals surface area contributed by atoms with Crippen LogP contribution in [-0.2, 0) is 0 Å². The Morgan fingerprint density at radius 3 is 2.36 bits per heavy atom. The van der Waals surface area contributed by atoms with Gasteiger partial charge in [-0.1, -0.05) is 6.92 Å². The molecule has 3 unspecified atom stereocenters. The fourth-order valence-electron chi connectivity index (χ4n) is 2.67. The van der Waals surface area contributed by atoms with Gasteiger partial charge in [-0.15, -0.1) is 0 Å². The monoisotopic (exact) mass is 205 g/mol. The van der Waals surface area contributed by atoms with Crippen LogP contribution in [0.5, 0.6) is 0 Å². The number of halogens is 3. The van der Waals surface area contributed by atoms with E-state index in [1.807, 2.05) is 13.3 Å². The Morgan fingerprint density at radius 1 is 1.21 bits per heavy atom. The summed E-state index contributed by atoms with van der Waals surface area (Å²) < 4.78 is 38.1. The third-order valence-electron chi connectivity index (χ3n) is 3.60. The van der Waals surface area contributed by atoms with Gasteiger partial charge < -0.3 is 0 Å². The van der Waals surface area contributed by atoms with Crippen LogP contribution in [0.15, 0.2) is 0 Å². The molecule has 1 radical (unpaired) electrons. The van der Waals surface area contributed by atoms with Crippen molar-refractivity contribution in [2.75, 3.05) is 0 Å². The predicted molar refractivity (Wildman–Crippen MR) is 48.5 cm³/mol. The summed E-state index contributed by atoms with van der Waals surface area (Å²) in [7, 11) is 0. The van der Waals surface area contributed by atoms with Crippen LogP contribution in [0.4, 0.5) is 13.2 Å². The fourth-order valence-corrected chi connectivity index (χ4v) is 2.67. The highest BCUT2D eigenvalue weighted by molar-refractivity contribution is 4.97. The lowest BCUT2D eigenvalue weighted by molar-refractivity contribution is -0.196. The van der Waals surface area contributed by atoms with Gasteiger partial charge in [-0.05, 0) is 49.9 Å². The molecule has 0 amide bonds. The normalized spacial score (nSPS) is 39.9. The average molecular weight is 205 g/mol. The first-order chi connectivity index (χ1) is 6.48. The summed E-state index contributed by atoms with van der Waals surface area (Å²) in [5.41, 5.74) is 0. The van der Waals surface area contributed by atoms with Crippen LogP contribution in [0.1, 0.15) is 32.6 Å². The lowest BCUT2D eigenvalue weighted by Crippen LogP contribution is -2.36. The van der Waals surface area contributed by atoms with Crippen molar-refractivity contribution in [2.24, 2.45) is 23.7 Å². The minimum atomic E-state index is -3.98. The Balaban J connectivity index is 2.06. The maximum atomic E-state index is 12.7. The molecule has 0 aliphatic heterocycles. The Hall–Kier alpha value is -0.210. The zero-order valence-corrected chi connectivity index (χ0v) is 8.35. The van der Waals surface area contributed by atoms with E-state index in [9.17, 15) is 13.2 Å². The third-order valence-corrected chi connectivity index (χ3v) is 3.60. The molecule has 0 saturated heterocycles. The first-order valence-corrected chi connectivity index (χ1v) is 5.38. The van der Waals surface area contributed by atoms with Gasteiger partial charge in [-0.25, -0.2) is 0 Å². The van der Waals surface area contributed by atoms with E-state index in [1.165, 1.54) is 0 Å². The molecule has 0 bridgehead atoms. The molecular formula is C11H16F3. The number of hydrogen-bond donors (Lipinski definition) is 0. The summed E-state index contributed by atoms with van der Waals surface area (Å²) in [5, 5.41) is 0. The summed E-state index contributed by atoms with van der Waals surface area (Å²) >= 11 is 0. The van der Waals surface area contributed by atoms with Crippen molar-refractivity contribution in [1.29, 1.82) is 0 Å². The van der Waals surface area contributed by atoms with E-state index in [0.717, 1.165) is 19.3 Å². The van der Waals surface area contributed by atoms with Gasteiger partial charge in [-0.3, -0.25) is 0 Å². The van der Waals surface area contributed by atoms with Crippen LogP contribution in [0, 0.1) is 30.1 Å². The highest BCUT2D eigenvalue weighted by Crippen LogP contribution is 2.52. The summed E-state index contributed by atoms with van der Waals surface area (Å²) in [6.45, 7) is 2.03. The summed E-state index contributed by atoms with van der Waals surface area (Å²) in [4.78, 5) is 0. The molecular weight excluding hydrogens is 189 g/mol. The Bertz CT molecular complexity index is 205. The van der Waals surface area contributed by atoms with Crippen LogP contribution in [0.3, 0.4) is 0 Å². The van der Waals surface area contributed by atoms with Gasteiger partial charge in [-0.2, -0.15) is 13.2 Å². The molecule has 2 rings (SSSR count). The molecule has 0 N–H and O–H groups in total. The van der Waals surface area contributed by atoms with E-state index in [1.54, 1.807) is 0 Å². The number of alkyl halides is 3. The van der Waals surface area contributed by atoms with Crippen LogP contribution >= 0.6 is 0 Å².